The summed E-state index contributed by atoms with van der Waals surface area (Å²) in [6, 6.07) is 13.0. The Labute approximate surface area is 167 Å². The fraction of sp³-hybridized carbons (Fsp3) is 0. The minimum atomic E-state index is -0.559. The lowest BCUT2D eigenvalue weighted by molar-refractivity contribution is 0.0997. The first-order chi connectivity index (χ1) is 13.0. The zero-order chi connectivity index (χ0) is 19.0. The molecule has 0 saturated carbocycles. The van der Waals surface area contributed by atoms with Gasteiger partial charge in [-0.05, 0) is 30.3 Å². The molecule has 0 saturated heterocycles. The highest BCUT2D eigenvalue weighted by molar-refractivity contribution is 7.14. The van der Waals surface area contributed by atoms with E-state index in [0.29, 0.717) is 37.4 Å². The van der Waals surface area contributed by atoms with Crippen molar-refractivity contribution in [2.45, 2.75) is 0 Å². The van der Waals surface area contributed by atoms with Crippen LogP contribution in [-0.2, 0) is 0 Å². The van der Waals surface area contributed by atoms with Crippen LogP contribution in [0, 0.1) is 0 Å². The third kappa shape index (κ3) is 3.60. The van der Waals surface area contributed by atoms with Crippen LogP contribution in [0.5, 0.6) is 0 Å². The molecule has 5 nitrogen and oxygen atoms in total. The maximum Gasteiger partial charge on any atom is 0.293 e. The average Bonchev–Trinajstić information content (AvgIpc) is 3.12. The summed E-state index contributed by atoms with van der Waals surface area (Å²) in [6.07, 6.45) is 0. The number of hydrogen-bond donors (Lipinski definition) is 1. The van der Waals surface area contributed by atoms with Crippen LogP contribution < -0.4 is 10.7 Å². The van der Waals surface area contributed by atoms with Gasteiger partial charge in [0, 0.05) is 22.0 Å². The Kier molecular flexibility index (Phi) is 4.70. The standard InChI is InChI=1S/C19H10Cl2N2O3S/c20-10-5-6-13(21)12(7-10)14-9-27-19(22-14)23-18(25)17-8-15(24)11-3-1-2-4-16(11)26-17/h1-9H,(H,22,23,25). The molecule has 1 N–H and O–H groups in total. The molecule has 0 atom stereocenters. The summed E-state index contributed by atoms with van der Waals surface area (Å²) in [5, 5.41) is 6.19. The van der Waals surface area contributed by atoms with E-state index in [9.17, 15) is 9.59 Å². The van der Waals surface area contributed by atoms with Gasteiger partial charge >= 0.3 is 0 Å². The highest BCUT2D eigenvalue weighted by Gasteiger charge is 2.15. The number of carbonyl (C=O) groups excluding carboxylic acids is 1. The fourth-order valence-electron chi connectivity index (χ4n) is 2.52. The number of hydrogen-bond acceptors (Lipinski definition) is 5. The number of amides is 1. The molecule has 0 fully saturated rings. The molecular formula is C19H10Cl2N2O3S. The van der Waals surface area contributed by atoms with Gasteiger partial charge in [-0.3, -0.25) is 14.9 Å². The molecule has 2 heterocycles. The second kappa shape index (κ2) is 7.15. The number of aromatic nitrogens is 1. The molecule has 2 aromatic carbocycles. The van der Waals surface area contributed by atoms with E-state index < -0.39 is 5.91 Å². The van der Waals surface area contributed by atoms with Gasteiger partial charge in [0.25, 0.3) is 5.91 Å². The number of thiazole rings is 1. The maximum atomic E-state index is 12.5. The normalized spacial score (nSPS) is 10.9. The number of halogens is 2. The predicted molar refractivity (Wildman–Crippen MR) is 108 cm³/mol. The van der Waals surface area contributed by atoms with Crippen LogP contribution in [0.15, 0.2) is 63.1 Å². The molecule has 8 heteroatoms. The smallest absolute Gasteiger partial charge is 0.293 e. The van der Waals surface area contributed by atoms with Crippen LogP contribution in [0.25, 0.3) is 22.2 Å². The van der Waals surface area contributed by atoms with E-state index in [1.165, 1.54) is 17.4 Å². The summed E-state index contributed by atoms with van der Waals surface area (Å²) in [6.45, 7) is 0. The minimum absolute atomic E-state index is 0.0868. The number of para-hydroxylation sites is 1. The lowest BCUT2D eigenvalue weighted by atomic mass is 10.2. The topological polar surface area (TPSA) is 72.2 Å². The molecule has 0 radical (unpaired) electrons. The van der Waals surface area contributed by atoms with Gasteiger partial charge < -0.3 is 4.42 Å². The zero-order valence-electron chi connectivity index (χ0n) is 13.5. The van der Waals surface area contributed by atoms with Crippen LogP contribution in [0.3, 0.4) is 0 Å². The van der Waals surface area contributed by atoms with Gasteiger partial charge in [0.05, 0.1) is 16.1 Å². The lowest BCUT2D eigenvalue weighted by Crippen LogP contribution is -2.14. The van der Waals surface area contributed by atoms with Crippen molar-refractivity contribution in [3.8, 4) is 11.3 Å². The Morgan fingerprint density at radius 2 is 1.93 bits per heavy atom. The van der Waals surface area contributed by atoms with Crippen LogP contribution in [0.2, 0.25) is 10.0 Å². The van der Waals surface area contributed by atoms with Gasteiger partial charge in [0.15, 0.2) is 16.3 Å². The van der Waals surface area contributed by atoms with Gasteiger partial charge in [-0.1, -0.05) is 35.3 Å². The van der Waals surface area contributed by atoms with Crippen molar-refractivity contribution in [1.29, 1.82) is 0 Å². The maximum absolute atomic E-state index is 12.5. The highest BCUT2D eigenvalue weighted by Crippen LogP contribution is 2.32. The summed E-state index contributed by atoms with van der Waals surface area (Å²) < 4.78 is 5.53. The van der Waals surface area contributed by atoms with E-state index in [1.807, 2.05) is 0 Å². The van der Waals surface area contributed by atoms with Crippen molar-refractivity contribution in [3.63, 3.8) is 0 Å². The number of carbonyl (C=O) groups is 1. The van der Waals surface area contributed by atoms with E-state index in [1.54, 1.807) is 47.8 Å². The van der Waals surface area contributed by atoms with Crippen molar-refractivity contribution in [1.82, 2.24) is 4.98 Å². The molecule has 4 aromatic rings. The van der Waals surface area contributed by atoms with Crippen molar-refractivity contribution >= 4 is 56.5 Å². The summed E-state index contributed by atoms with van der Waals surface area (Å²) in [7, 11) is 0. The molecule has 0 aliphatic rings. The largest absolute Gasteiger partial charge is 0.451 e. The number of rotatable bonds is 3. The Balaban J connectivity index is 1.62. The van der Waals surface area contributed by atoms with E-state index in [2.05, 4.69) is 10.3 Å². The molecule has 0 unspecified atom stereocenters. The third-order valence-electron chi connectivity index (χ3n) is 3.79. The van der Waals surface area contributed by atoms with E-state index in [0.717, 1.165) is 0 Å². The SMILES string of the molecule is O=C(Nc1nc(-c2cc(Cl)ccc2Cl)cs1)c1cc(=O)c2ccccc2o1. The molecular weight excluding hydrogens is 407 g/mol. The summed E-state index contributed by atoms with van der Waals surface area (Å²) in [5.41, 5.74) is 1.31. The minimum Gasteiger partial charge on any atom is -0.451 e. The second-order valence-electron chi connectivity index (χ2n) is 5.59. The van der Waals surface area contributed by atoms with Crippen molar-refractivity contribution in [2.24, 2.45) is 0 Å². The Hall–Kier alpha value is -2.67. The first kappa shape index (κ1) is 17.7. The summed E-state index contributed by atoms with van der Waals surface area (Å²) >= 11 is 13.4. The van der Waals surface area contributed by atoms with E-state index >= 15 is 0 Å². The van der Waals surface area contributed by atoms with Gasteiger partial charge in [-0.25, -0.2) is 4.98 Å². The first-order valence-electron chi connectivity index (χ1n) is 7.76. The van der Waals surface area contributed by atoms with Crippen molar-refractivity contribution in [2.75, 3.05) is 5.32 Å². The molecule has 0 bridgehead atoms. The number of nitrogens with zero attached hydrogens (tertiary/aromatic N) is 1. The van der Waals surface area contributed by atoms with Crippen molar-refractivity contribution in [3.05, 3.63) is 79.9 Å². The number of anilines is 1. The van der Waals surface area contributed by atoms with Crippen LogP contribution in [-0.4, -0.2) is 10.9 Å². The van der Waals surface area contributed by atoms with Crippen LogP contribution in [0.1, 0.15) is 10.6 Å². The quantitative estimate of drug-likeness (QED) is 0.480. The Bertz CT molecular complexity index is 1230. The lowest BCUT2D eigenvalue weighted by Gasteiger charge is -2.03. The van der Waals surface area contributed by atoms with Crippen LogP contribution >= 0.6 is 34.5 Å². The van der Waals surface area contributed by atoms with Gasteiger partial charge in [-0.2, -0.15) is 0 Å². The van der Waals surface area contributed by atoms with Crippen molar-refractivity contribution < 1.29 is 9.21 Å². The fourth-order valence-corrected chi connectivity index (χ4v) is 3.62. The molecule has 4 rings (SSSR count). The number of benzene rings is 2. The molecule has 2 aromatic heterocycles. The molecule has 0 spiro atoms. The van der Waals surface area contributed by atoms with E-state index in [4.69, 9.17) is 27.6 Å². The van der Waals surface area contributed by atoms with Crippen LogP contribution in [0.4, 0.5) is 5.13 Å². The average molecular weight is 417 g/mol. The van der Waals surface area contributed by atoms with Gasteiger partial charge in [0.1, 0.15) is 5.58 Å². The summed E-state index contributed by atoms with van der Waals surface area (Å²) in [4.78, 5) is 28.9. The highest BCUT2D eigenvalue weighted by atomic mass is 35.5. The first-order valence-corrected chi connectivity index (χ1v) is 9.40. The molecule has 27 heavy (non-hydrogen) atoms. The second-order valence-corrected chi connectivity index (χ2v) is 7.29. The monoisotopic (exact) mass is 416 g/mol. The van der Waals surface area contributed by atoms with E-state index in [-0.39, 0.29) is 11.2 Å². The molecule has 134 valence electrons. The molecule has 0 aliphatic carbocycles. The Morgan fingerprint density at radius 1 is 1.11 bits per heavy atom. The zero-order valence-corrected chi connectivity index (χ0v) is 15.9. The summed E-state index contributed by atoms with van der Waals surface area (Å²) in [5.74, 6) is -0.646. The van der Waals surface area contributed by atoms with Gasteiger partial charge in [0.2, 0.25) is 0 Å². The molecule has 1 amide bonds. The predicted octanol–water partition coefficient (Wildman–Crippen LogP) is 5.48. The van der Waals surface area contributed by atoms with Gasteiger partial charge in [-0.15, -0.1) is 11.3 Å². The number of fused-ring (bicyclic) bond motifs is 1. The Morgan fingerprint density at radius 3 is 2.78 bits per heavy atom. The molecule has 0 aliphatic heterocycles. The number of nitrogens with one attached hydrogen (secondary N) is 1. The third-order valence-corrected chi connectivity index (χ3v) is 5.11.